The molecule has 1 aliphatic heterocycles. The zero-order chi connectivity index (χ0) is 20.4. The minimum absolute atomic E-state index is 0.0282. The second-order valence-electron chi connectivity index (χ2n) is 6.56. The summed E-state index contributed by atoms with van der Waals surface area (Å²) in [6, 6.07) is 13.9. The fourth-order valence-corrected chi connectivity index (χ4v) is 4.33. The van der Waals surface area contributed by atoms with Gasteiger partial charge in [-0.05, 0) is 31.5 Å². The predicted octanol–water partition coefficient (Wildman–Crippen LogP) is 3.87. The highest BCUT2D eigenvalue weighted by molar-refractivity contribution is 8.00. The Morgan fingerprint density at radius 1 is 1.24 bits per heavy atom. The van der Waals surface area contributed by atoms with Gasteiger partial charge in [-0.15, -0.1) is 0 Å². The molecule has 1 atom stereocenters. The van der Waals surface area contributed by atoms with Crippen LogP contribution < -0.4 is 10.2 Å². The number of nitro benzene ring substituents is 1. The first-order chi connectivity index (χ1) is 14.1. The lowest BCUT2D eigenvalue weighted by molar-refractivity contribution is -0.384. The summed E-state index contributed by atoms with van der Waals surface area (Å²) >= 11 is 1.34. The zero-order valence-corrected chi connectivity index (χ0v) is 16.6. The lowest BCUT2D eigenvalue weighted by atomic mass is 10.2. The Balaban J connectivity index is 1.57. The summed E-state index contributed by atoms with van der Waals surface area (Å²) in [6.45, 7) is 3.24. The molecule has 0 aliphatic carbocycles. The zero-order valence-electron chi connectivity index (χ0n) is 15.7. The van der Waals surface area contributed by atoms with E-state index in [0.717, 1.165) is 23.3 Å². The molecule has 1 fully saturated rings. The third kappa shape index (κ3) is 3.86. The number of carbonyl (C=O) groups excluding carboxylic acids is 1. The Hall–Kier alpha value is -3.20. The van der Waals surface area contributed by atoms with Crippen LogP contribution in [-0.4, -0.2) is 39.1 Å². The minimum Gasteiger partial charge on any atom is -0.370 e. The average Bonchev–Trinajstić information content (AvgIpc) is 3.08. The third-order valence-corrected chi connectivity index (χ3v) is 5.80. The third-order valence-electron chi connectivity index (χ3n) is 4.68. The summed E-state index contributed by atoms with van der Waals surface area (Å²) in [7, 11) is 0. The van der Waals surface area contributed by atoms with Gasteiger partial charge in [-0.25, -0.2) is 9.97 Å². The molecule has 0 bridgehead atoms. The van der Waals surface area contributed by atoms with Crippen molar-refractivity contribution in [3.8, 4) is 0 Å². The lowest BCUT2D eigenvalue weighted by Crippen LogP contribution is -2.28. The van der Waals surface area contributed by atoms with Crippen molar-refractivity contribution in [2.24, 2.45) is 0 Å². The Morgan fingerprint density at radius 2 is 2.07 bits per heavy atom. The number of thioether (sulfide) groups is 1. The standard InChI is InChI=1S/C20H19N5O3S/c1-2-21-18-15-8-3-4-9-16(15)22-20(23-18)29-17-10-11-24(19(17)26)13-6-5-7-14(12-13)25(27)28/h3-9,12,17H,2,10-11H2,1H3,(H,21,22,23). The van der Waals surface area contributed by atoms with Gasteiger partial charge >= 0.3 is 0 Å². The molecule has 2 aromatic carbocycles. The number of non-ortho nitro benzene ring substituents is 1. The molecule has 9 heteroatoms. The van der Waals surface area contributed by atoms with Gasteiger partial charge in [0.05, 0.1) is 21.4 Å². The van der Waals surface area contributed by atoms with E-state index in [1.807, 2.05) is 31.2 Å². The number of hydrogen-bond acceptors (Lipinski definition) is 7. The van der Waals surface area contributed by atoms with Gasteiger partial charge in [-0.1, -0.05) is 30.0 Å². The molecular weight excluding hydrogens is 390 g/mol. The average molecular weight is 409 g/mol. The van der Waals surface area contributed by atoms with Crippen LogP contribution in [0.2, 0.25) is 0 Å². The van der Waals surface area contributed by atoms with Crippen LogP contribution in [-0.2, 0) is 4.79 Å². The van der Waals surface area contributed by atoms with Crippen LogP contribution in [0.5, 0.6) is 0 Å². The van der Waals surface area contributed by atoms with Gasteiger partial charge in [0, 0.05) is 30.6 Å². The van der Waals surface area contributed by atoms with Crippen molar-refractivity contribution in [2.45, 2.75) is 23.8 Å². The van der Waals surface area contributed by atoms with Crippen molar-refractivity contribution in [3.05, 3.63) is 58.6 Å². The highest BCUT2D eigenvalue weighted by Crippen LogP contribution is 2.34. The molecule has 1 unspecified atom stereocenters. The van der Waals surface area contributed by atoms with Crippen molar-refractivity contribution < 1.29 is 9.72 Å². The van der Waals surface area contributed by atoms with Crippen molar-refractivity contribution in [1.29, 1.82) is 0 Å². The topological polar surface area (TPSA) is 101 Å². The Morgan fingerprint density at radius 3 is 2.86 bits per heavy atom. The highest BCUT2D eigenvalue weighted by Gasteiger charge is 2.34. The highest BCUT2D eigenvalue weighted by atomic mass is 32.2. The molecule has 0 spiro atoms. The predicted molar refractivity (Wildman–Crippen MR) is 113 cm³/mol. The first kappa shape index (κ1) is 19.1. The SMILES string of the molecule is CCNc1nc(SC2CCN(c3cccc([N+](=O)[O-])c3)C2=O)nc2ccccc12. The number of aromatic nitrogens is 2. The quantitative estimate of drug-likeness (QED) is 0.375. The second-order valence-corrected chi connectivity index (χ2v) is 7.73. The van der Waals surface area contributed by atoms with Gasteiger partial charge in [0.15, 0.2) is 5.16 Å². The van der Waals surface area contributed by atoms with E-state index in [-0.39, 0.29) is 16.8 Å². The minimum atomic E-state index is -0.457. The van der Waals surface area contributed by atoms with Crippen LogP contribution >= 0.6 is 11.8 Å². The molecule has 1 aliphatic rings. The summed E-state index contributed by atoms with van der Waals surface area (Å²) in [5.41, 5.74) is 1.33. The fourth-order valence-electron chi connectivity index (χ4n) is 3.33. The molecule has 2 heterocycles. The van der Waals surface area contributed by atoms with Gasteiger partial charge < -0.3 is 10.2 Å². The van der Waals surface area contributed by atoms with Crippen LogP contribution in [0.1, 0.15) is 13.3 Å². The van der Waals surface area contributed by atoms with Crippen LogP contribution in [0.25, 0.3) is 10.9 Å². The fraction of sp³-hybridized carbons (Fsp3) is 0.250. The maximum absolute atomic E-state index is 12.9. The number of amides is 1. The normalized spacial score (nSPS) is 16.4. The summed E-state index contributed by atoms with van der Waals surface area (Å²) in [6.07, 6.45) is 0.624. The number of hydrogen-bond donors (Lipinski definition) is 1. The summed E-state index contributed by atoms with van der Waals surface area (Å²) in [5, 5.41) is 15.4. The molecule has 0 radical (unpaired) electrons. The molecule has 4 rings (SSSR count). The number of para-hydroxylation sites is 1. The number of nitrogens with zero attached hydrogens (tertiary/aromatic N) is 4. The number of nitrogens with one attached hydrogen (secondary N) is 1. The van der Waals surface area contributed by atoms with Crippen LogP contribution in [0, 0.1) is 10.1 Å². The van der Waals surface area contributed by atoms with Crippen LogP contribution in [0.3, 0.4) is 0 Å². The van der Waals surface area contributed by atoms with Gasteiger partial charge in [0.25, 0.3) is 5.69 Å². The van der Waals surface area contributed by atoms with E-state index in [1.165, 1.54) is 23.9 Å². The van der Waals surface area contributed by atoms with E-state index in [2.05, 4.69) is 15.3 Å². The molecule has 29 heavy (non-hydrogen) atoms. The Kier molecular flexibility index (Phi) is 5.30. The Bertz CT molecular complexity index is 1090. The van der Waals surface area contributed by atoms with E-state index in [4.69, 9.17) is 0 Å². The maximum atomic E-state index is 12.9. The molecular formula is C20H19N5O3S. The van der Waals surface area contributed by atoms with Gasteiger partial charge in [0.1, 0.15) is 5.82 Å². The number of rotatable bonds is 6. The largest absolute Gasteiger partial charge is 0.370 e. The molecule has 148 valence electrons. The van der Waals surface area contributed by atoms with Crippen LogP contribution in [0.15, 0.2) is 53.7 Å². The number of fused-ring (bicyclic) bond motifs is 1. The first-order valence-electron chi connectivity index (χ1n) is 9.30. The van der Waals surface area contributed by atoms with Gasteiger partial charge in [-0.3, -0.25) is 14.9 Å². The van der Waals surface area contributed by atoms with Crippen molar-refractivity contribution in [2.75, 3.05) is 23.3 Å². The maximum Gasteiger partial charge on any atom is 0.271 e. The molecule has 1 N–H and O–H groups in total. The van der Waals surface area contributed by atoms with Crippen molar-refractivity contribution in [1.82, 2.24) is 9.97 Å². The summed E-state index contributed by atoms with van der Waals surface area (Å²) < 4.78 is 0. The van der Waals surface area contributed by atoms with Crippen LogP contribution in [0.4, 0.5) is 17.2 Å². The van der Waals surface area contributed by atoms with Gasteiger partial charge in [0.2, 0.25) is 5.91 Å². The van der Waals surface area contributed by atoms with Crippen molar-refractivity contribution >= 4 is 45.8 Å². The number of carbonyl (C=O) groups is 1. The van der Waals surface area contributed by atoms with E-state index in [1.54, 1.807) is 17.0 Å². The summed E-state index contributed by atoms with van der Waals surface area (Å²) in [4.78, 5) is 34.3. The number of nitro groups is 1. The van der Waals surface area contributed by atoms with Gasteiger partial charge in [-0.2, -0.15) is 0 Å². The lowest BCUT2D eigenvalue weighted by Gasteiger charge is -2.16. The molecule has 1 saturated heterocycles. The van der Waals surface area contributed by atoms with E-state index < -0.39 is 4.92 Å². The monoisotopic (exact) mass is 409 g/mol. The second kappa shape index (κ2) is 8.04. The van der Waals surface area contributed by atoms with E-state index in [0.29, 0.717) is 23.8 Å². The summed E-state index contributed by atoms with van der Waals surface area (Å²) in [5.74, 6) is 0.666. The molecule has 1 aromatic heterocycles. The molecule has 3 aromatic rings. The van der Waals surface area contributed by atoms with Crippen molar-refractivity contribution in [3.63, 3.8) is 0 Å². The molecule has 0 saturated carbocycles. The first-order valence-corrected chi connectivity index (χ1v) is 10.2. The van der Waals surface area contributed by atoms with E-state index >= 15 is 0 Å². The molecule has 8 nitrogen and oxygen atoms in total. The number of benzene rings is 2. The Labute approximate surface area is 171 Å². The molecule has 1 amide bonds. The van der Waals surface area contributed by atoms with E-state index in [9.17, 15) is 14.9 Å². The smallest absolute Gasteiger partial charge is 0.271 e. The number of anilines is 2.